The zero-order valence-corrected chi connectivity index (χ0v) is 24.0. The molecule has 2 aromatic heterocycles. The van der Waals surface area contributed by atoms with E-state index in [2.05, 4.69) is 19.9 Å². The highest BCUT2D eigenvalue weighted by Gasteiger charge is 2.24. The number of sulfonamides is 1. The van der Waals surface area contributed by atoms with Crippen molar-refractivity contribution in [3.05, 3.63) is 67.0 Å². The van der Waals surface area contributed by atoms with Gasteiger partial charge in [-0.25, -0.2) is 17.9 Å². The molecule has 0 bridgehead atoms. The maximum atomic E-state index is 12.9. The smallest absolute Gasteiger partial charge is 0.419 e. The van der Waals surface area contributed by atoms with Crippen molar-refractivity contribution in [2.75, 3.05) is 26.2 Å². The Kier molecular flexibility index (Phi) is 8.07. The van der Waals surface area contributed by atoms with Crippen LogP contribution in [0.5, 0.6) is 0 Å². The molecule has 0 spiro atoms. The van der Waals surface area contributed by atoms with Crippen LogP contribution in [0.3, 0.4) is 0 Å². The fourth-order valence-corrected chi connectivity index (χ4v) is 6.08. The highest BCUT2D eigenvalue weighted by atomic mass is 32.2. The third kappa shape index (κ3) is 6.60. The van der Waals surface area contributed by atoms with Crippen LogP contribution in [-0.4, -0.2) is 70.8 Å². The SMILES string of the molecule is CC(C)(C)OC(=O)n1cc(-c2cn(CC3CCN(CCNS(=O)(=O)c4ccccc4)CC3)nn2)c2ccccc21. The van der Waals surface area contributed by atoms with Gasteiger partial charge in [-0.3, -0.25) is 9.25 Å². The first kappa shape index (κ1) is 28.0. The average Bonchev–Trinajstić information content (AvgIpc) is 3.54. The maximum Gasteiger partial charge on any atom is 0.419 e. The number of nitrogens with one attached hydrogen (secondary N) is 1. The first-order chi connectivity index (χ1) is 19.1. The van der Waals surface area contributed by atoms with Gasteiger partial charge in [0, 0.05) is 36.8 Å². The molecule has 1 aliphatic rings. The van der Waals surface area contributed by atoms with Crippen LogP contribution in [0, 0.1) is 5.92 Å². The van der Waals surface area contributed by atoms with E-state index in [0.717, 1.165) is 48.9 Å². The molecule has 4 aromatic rings. The number of fused-ring (bicyclic) bond motifs is 1. The van der Waals surface area contributed by atoms with Crippen LogP contribution in [0.1, 0.15) is 33.6 Å². The molecule has 1 aliphatic heterocycles. The molecule has 10 nitrogen and oxygen atoms in total. The lowest BCUT2D eigenvalue weighted by atomic mass is 9.97. The second-order valence-corrected chi connectivity index (χ2v) is 13.0. The van der Waals surface area contributed by atoms with E-state index in [9.17, 15) is 13.2 Å². The van der Waals surface area contributed by atoms with Gasteiger partial charge in [-0.05, 0) is 70.8 Å². The first-order valence-corrected chi connectivity index (χ1v) is 15.1. The Labute approximate surface area is 235 Å². The topological polar surface area (TPSA) is 111 Å². The Morgan fingerprint density at radius 2 is 1.73 bits per heavy atom. The van der Waals surface area contributed by atoms with Gasteiger partial charge in [-0.2, -0.15) is 0 Å². The lowest BCUT2D eigenvalue weighted by molar-refractivity contribution is 0.0544. The lowest BCUT2D eigenvalue weighted by Gasteiger charge is -2.31. The van der Waals surface area contributed by atoms with Gasteiger partial charge in [0.05, 0.1) is 16.6 Å². The van der Waals surface area contributed by atoms with Crippen molar-refractivity contribution in [1.29, 1.82) is 0 Å². The zero-order valence-electron chi connectivity index (χ0n) is 23.2. The van der Waals surface area contributed by atoms with E-state index in [1.807, 2.05) is 55.9 Å². The molecule has 0 amide bonds. The number of para-hydroxylation sites is 1. The third-order valence-electron chi connectivity index (χ3n) is 7.04. The van der Waals surface area contributed by atoms with Gasteiger partial charge in [0.15, 0.2) is 0 Å². The van der Waals surface area contributed by atoms with Gasteiger partial charge in [-0.1, -0.05) is 41.6 Å². The van der Waals surface area contributed by atoms with E-state index in [1.54, 1.807) is 36.5 Å². The molecule has 1 saturated heterocycles. The van der Waals surface area contributed by atoms with E-state index in [1.165, 1.54) is 4.57 Å². The van der Waals surface area contributed by atoms with Crippen molar-refractivity contribution in [3.8, 4) is 11.3 Å². The van der Waals surface area contributed by atoms with Crippen molar-refractivity contribution in [2.24, 2.45) is 5.92 Å². The highest BCUT2D eigenvalue weighted by molar-refractivity contribution is 7.89. The lowest BCUT2D eigenvalue weighted by Crippen LogP contribution is -2.40. The van der Waals surface area contributed by atoms with Crippen LogP contribution in [0.4, 0.5) is 4.79 Å². The van der Waals surface area contributed by atoms with Crippen LogP contribution < -0.4 is 4.72 Å². The molecule has 11 heteroatoms. The number of benzene rings is 2. The number of piperidine rings is 1. The standard InChI is InChI=1S/C29H36N6O4S/c1-29(2,3)39-28(36)35-20-25(24-11-7-8-12-27(24)35)26-21-34(32-31-26)19-22-13-16-33(17-14-22)18-15-30-40(37,38)23-9-5-4-6-10-23/h4-12,20-22,30H,13-19H2,1-3H3. The predicted molar refractivity (Wildman–Crippen MR) is 153 cm³/mol. The predicted octanol–water partition coefficient (Wildman–Crippen LogP) is 4.37. The molecule has 5 rings (SSSR count). The van der Waals surface area contributed by atoms with Gasteiger partial charge < -0.3 is 9.64 Å². The summed E-state index contributed by atoms with van der Waals surface area (Å²) in [6.07, 6.45) is 5.28. The average molecular weight is 565 g/mol. The van der Waals surface area contributed by atoms with Crippen LogP contribution in [0.15, 0.2) is 71.9 Å². The number of hydrogen-bond acceptors (Lipinski definition) is 7. The molecule has 0 atom stereocenters. The maximum absolute atomic E-state index is 12.9. The fourth-order valence-electron chi connectivity index (χ4n) is 5.04. The molecule has 0 unspecified atom stereocenters. The zero-order chi connectivity index (χ0) is 28.3. The van der Waals surface area contributed by atoms with Crippen LogP contribution in [0.25, 0.3) is 22.2 Å². The van der Waals surface area contributed by atoms with Crippen LogP contribution in [-0.2, 0) is 21.3 Å². The largest absolute Gasteiger partial charge is 0.443 e. The van der Waals surface area contributed by atoms with Crippen LogP contribution >= 0.6 is 0 Å². The summed E-state index contributed by atoms with van der Waals surface area (Å²) >= 11 is 0. The summed E-state index contributed by atoms with van der Waals surface area (Å²) in [5, 5.41) is 9.72. The number of rotatable bonds is 8. The number of likely N-dealkylation sites (tertiary alicyclic amines) is 1. The van der Waals surface area contributed by atoms with E-state index < -0.39 is 21.7 Å². The Hall–Kier alpha value is -3.54. The van der Waals surface area contributed by atoms with Crippen molar-refractivity contribution in [2.45, 2.75) is 50.7 Å². The number of ether oxygens (including phenoxy) is 1. The summed E-state index contributed by atoms with van der Waals surface area (Å²) in [4.78, 5) is 15.4. The van der Waals surface area contributed by atoms with Gasteiger partial charge >= 0.3 is 6.09 Å². The summed E-state index contributed by atoms with van der Waals surface area (Å²) in [6, 6.07) is 16.1. The minimum atomic E-state index is -3.48. The summed E-state index contributed by atoms with van der Waals surface area (Å²) < 4.78 is 36.6. The second kappa shape index (κ2) is 11.5. The molecule has 1 N–H and O–H groups in total. The third-order valence-corrected chi connectivity index (χ3v) is 8.52. The molecule has 0 saturated carbocycles. The van der Waals surface area contributed by atoms with Crippen molar-refractivity contribution in [3.63, 3.8) is 0 Å². The number of carbonyl (C=O) groups is 1. The minimum absolute atomic E-state index is 0.287. The number of nitrogens with zero attached hydrogens (tertiary/aromatic N) is 5. The number of hydrogen-bond donors (Lipinski definition) is 1. The molecular weight excluding hydrogens is 528 g/mol. The summed E-state index contributed by atoms with van der Waals surface area (Å²) in [6.45, 7) is 9.17. The van der Waals surface area contributed by atoms with Gasteiger partial charge in [0.1, 0.15) is 11.3 Å². The monoisotopic (exact) mass is 564 g/mol. The Balaban J connectivity index is 1.17. The Morgan fingerprint density at radius 1 is 1.02 bits per heavy atom. The van der Waals surface area contributed by atoms with Crippen molar-refractivity contribution >= 4 is 27.0 Å². The summed E-state index contributed by atoms with van der Waals surface area (Å²) in [5.41, 5.74) is 1.71. The normalized spacial score (nSPS) is 15.5. The van der Waals surface area contributed by atoms with E-state index in [0.29, 0.717) is 24.7 Å². The molecule has 3 heterocycles. The fraction of sp³-hybridized carbons (Fsp3) is 0.414. The molecule has 0 aliphatic carbocycles. The summed E-state index contributed by atoms with van der Waals surface area (Å²) in [7, 11) is -3.48. The summed E-state index contributed by atoms with van der Waals surface area (Å²) in [5.74, 6) is 0.454. The molecular formula is C29H36N6O4S. The molecule has 2 aromatic carbocycles. The van der Waals surface area contributed by atoms with Gasteiger partial charge in [0.2, 0.25) is 10.0 Å². The van der Waals surface area contributed by atoms with E-state index in [-0.39, 0.29) is 4.90 Å². The van der Waals surface area contributed by atoms with Gasteiger partial charge in [-0.15, -0.1) is 5.10 Å². The van der Waals surface area contributed by atoms with E-state index >= 15 is 0 Å². The highest BCUT2D eigenvalue weighted by Crippen LogP contribution is 2.30. The Morgan fingerprint density at radius 3 is 2.45 bits per heavy atom. The van der Waals surface area contributed by atoms with Gasteiger partial charge in [0.25, 0.3) is 0 Å². The molecule has 40 heavy (non-hydrogen) atoms. The van der Waals surface area contributed by atoms with Crippen LogP contribution in [0.2, 0.25) is 0 Å². The molecule has 1 fully saturated rings. The van der Waals surface area contributed by atoms with Crippen molar-refractivity contribution in [1.82, 2.24) is 29.2 Å². The molecule has 212 valence electrons. The van der Waals surface area contributed by atoms with E-state index in [4.69, 9.17) is 4.74 Å². The quantitative estimate of drug-likeness (QED) is 0.338. The first-order valence-electron chi connectivity index (χ1n) is 13.6. The molecule has 0 radical (unpaired) electrons. The number of carbonyl (C=O) groups excluding carboxylic acids is 1. The Bertz CT molecular complexity index is 1560. The minimum Gasteiger partial charge on any atom is -0.443 e. The second-order valence-electron chi connectivity index (χ2n) is 11.2. The van der Waals surface area contributed by atoms with Crippen molar-refractivity contribution < 1.29 is 17.9 Å². The number of aromatic nitrogens is 4.